The lowest BCUT2D eigenvalue weighted by Crippen LogP contribution is -2.11. The predicted molar refractivity (Wildman–Crippen MR) is 448 cm³/mol. The Balaban J connectivity index is 0.803. The van der Waals surface area contributed by atoms with Gasteiger partial charge in [-0.2, -0.15) is 0 Å². The number of nitrogens with zero attached hydrogens (tertiary/aromatic N) is 2. The molecular weight excluding hydrogens is 1290 g/mol. The van der Waals surface area contributed by atoms with E-state index in [1.807, 2.05) is 6.07 Å². The van der Waals surface area contributed by atoms with E-state index in [0.29, 0.717) is 0 Å². The van der Waals surface area contributed by atoms with Crippen LogP contribution in [0.2, 0.25) is 0 Å². The molecule has 0 fully saturated rings. The molecule has 494 valence electrons. The third-order valence-electron chi connectivity index (χ3n) is 21.7. The molecule has 0 saturated carbocycles. The molecular formula is C102H64N2O2. The minimum absolute atomic E-state index is 0.784. The first-order valence-electron chi connectivity index (χ1n) is 36.3. The topological polar surface area (TPSA) is 32.8 Å². The number of fused-ring (bicyclic) bond motifs is 14. The molecule has 0 aliphatic heterocycles. The Hall–Kier alpha value is -14.1. The molecule has 0 radical (unpaired) electrons. The fraction of sp³-hybridized carbons (Fsp3) is 0. The van der Waals surface area contributed by atoms with Gasteiger partial charge in [-0.1, -0.05) is 273 Å². The van der Waals surface area contributed by atoms with Crippen molar-refractivity contribution in [2.45, 2.75) is 0 Å². The summed E-state index contributed by atoms with van der Waals surface area (Å²) in [5.41, 5.74) is 22.4. The van der Waals surface area contributed by atoms with Crippen molar-refractivity contribution in [3.8, 4) is 66.8 Å². The molecule has 0 saturated heterocycles. The molecule has 0 amide bonds. The van der Waals surface area contributed by atoms with E-state index in [9.17, 15) is 0 Å². The largest absolute Gasteiger partial charge is 0.455 e. The molecule has 0 spiro atoms. The zero-order valence-corrected chi connectivity index (χ0v) is 57.7. The minimum atomic E-state index is 0.784. The van der Waals surface area contributed by atoms with Crippen LogP contribution in [0.15, 0.2) is 397 Å². The second kappa shape index (κ2) is 24.9. The van der Waals surface area contributed by atoms with Crippen LogP contribution >= 0.6 is 0 Å². The first-order valence-corrected chi connectivity index (χ1v) is 36.3. The first kappa shape index (κ1) is 60.7. The highest BCUT2D eigenvalue weighted by Crippen LogP contribution is 2.51. The van der Waals surface area contributed by atoms with Crippen molar-refractivity contribution in [3.63, 3.8) is 0 Å². The van der Waals surface area contributed by atoms with Crippen LogP contribution < -0.4 is 9.80 Å². The summed E-state index contributed by atoms with van der Waals surface area (Å²) in [4.78, 5) is 4.89. The molecule has 0 atom stereocenters. The maximum atomic E-state index is 7.51. The molecule has 2 aromatic heterocycles. The Labute approximate surface area is 612 Å². The average Bonchev–Trinajstić information content (AvgIpc) is 1.43. The molecule has 4 heteroatoms. The summed E-state index contributed by atoms with van der Waals surface area (Å²) in [5.74, 6) is 0. The summed E-state index contributed by atoms with van der Waals surface area (Å²) in [5, 5.41) is 18.7. The normalized spacial score (nSPS) is 11.8. The van der Waals surface area contributed by atoms with Gasteiger partial charge < -0.3 is 18.6 Å². The van der Waals surface area contributed by atoms with E-state index in [2.05, 4.69) is 392 Å². The van der Waals surface area contributed by atoms with E-state index in [1.54, 1.807) is 0 Å². The van der Waals surface area contributed by atoms with Gasteiger partial charge in [-0.05, 0) is 236 Å². The summed E-state index contributed by atoms with van der Waals surface area (Å²) in [6.45, 7) is 0. The van der Waals surface area contributed by atoms with Gasteiger partial charge >= 0.3 is 0 Å². The highest BCUT2D eigenvalue weighted by atomic mass is 16.3. The second-order valence-electron chi connectivity index (χ2n) is 27.9. The van der Waals surface area contributed by atoms with Crippen molar-refractivity contribution in [1.29, 1.82) is 0 Å². The van der Waals surface area contributed by atoms with Crippen molar-refractivity contribution in [2.75, 3.05) is 9.80 Å². The average molecular weight is 1350 g/mol. The number of para-hydroxylation sites is 3. The number of furan rings is 2. The van der Waals surface area contributed by atoms with Crippen molar-refractivity contribution in [1.82, 2.24) is 0 Å². The molecule has 21 rings (SSSR count). The van der Waals surface area contributed by atoms with Gasteiger partial charge in [0.15, 0.2) is 0 Å². The van der Waals surface area contributed by atoms with Gasteiger partial charge in [0, 0.05) is 55.7 Å². The van der Waals surface area contributed by atoms with Gasteiger partial charge in [0.25, 0.3) is 0 Å². The van der Waals surface area contributed by atoms with Crippen LogP contribution in [-0.4, -0.2) is 0 Å². The smallest absolute Gasteiger partial charge is 0.145 e. The SMILES string of the molecule is c1cc(-c2ccc3ccccc3c2)cc(N(c2ccc(-c3cccc4c3oc3ccccc34)cc2)c2cc(-c3cc4ccccc4c4ccccc34)cc(-c3ccc(N(c4cccc(-c5ccc6ccccc6c5)c4)c4cccc(-c5cc6ccccc6c6ccccc56)c4)c4c3oc3ccccc34)c2)c1. The molecule has 0 bridgehead atoms. The summed E-state index contributed by atoms with van der Waals surface area (Å²) >= 11 is 0. The quantitative estimate of drug-likeness (QED) is 0.114. The van der Waals surface area contributed by atoms with E-state index in [4.69, 9.17) is 8.83 Å². The van der Waals surface area contributed by atoms with E-state index in [-0.39, 0.29) is 0 Å². The number of anilines is 6. The van der Waals surface area contributed by atoms with E-state index in [1.165, 1.54) is 70.2 Å². The molecule has 19 aromatic carbocycles. The third-order valence-corrected chi connectivity index (χ3v) is 21.7. The van der Waals surface area contributed by atoms with Crippen LogP contribution in [0, 0.1) is 0 Å². The molecule has 0 aliphatic carbocycles. The fourth-order valence-electron chi connectivity index (χ4n) is 16.7. The molecule has 0 unspecified atom stereocenters. The van der Waals surface area contributed by atoms with Crippen LogP contribution in [0.5, 0.6) is 0 Å². The second-order valence-corrected chi connectivity index (χ2v) is 27.9. The van der Waals surface area contributed by atoms with E-state index in [0.717, 1.165) is 139 Å². The van der Waals surface area contributed by atoms with E-state index >= 15 is 0 Å². The van der Waals surface area contributed by atoms with Crippen LogP contribution in [0.4, 0.5) is 34.1 Å². The van der Waals surface area contributed by atoms with Crippen LogP contribution in [0.25, 0.3) is 175 Å². The molecule has 4 nitrogen and oxygen atoms in total. The zero-order chi connectivity index (χ0) is 69.8. The molecule has 21 aromatic rings. The number of rotatable bonds is 12. The number of hydrogen-bond acceptors (Lipinski definition) is 4. The van der Waals surface area contributed by atoms with Gasteiger partial charge in [0.2, 0.25) is 0 Å². The maximum absolute atomic E-state index is 7.51. The maximum Gasteiger partial charge on any atom is 0.145 e. The van der Waals surface area contributed by atoms with Gasteiger partial charge in [-0.15, -0.1) is 0 Å². The van der Waals surface area contributed by atoms with Crippen molar-refractivity contribution in [3.05, 3.63) is 388 Å². The van der Waals surface area contributed by atoms with Gasteiger partial charge in [0.1, 0.15) is 22.3 Å². The van der Waals surface area contributed by atoms with Crippen molar-refractivity contribution >= 4 is 143 Å². The number of benzene rings is 19. The van der Waals surface area contributed by atoms with Crippen LogP contribution in [0.3, 0.4) is 0 Å². The summed E-state index contributed by atoms with van der Waals surface area (Å²) in [6.07, 6.45) is 0. The highest BCUT2D eigenvalue weighted by molar-refractivity contribution is 6.20. The number of hydrogen-bond donors (Lipinski definition) is 0. The molecule has 2 heterocycles. The summed E-state index contributed by atoms with van der Waals surface area (Å²) in [7, 11) is 0. The standard InChI is InChI=1S/C102H64N2O2/c1-3-23-68-55-72(47-45-65(68)21-1)70-27-17-30-80(58-70)103(79-51-49-67(50-52-79)86-41-20-42-93-92-39-13-15-43-98(92)105-101(86)93)83-61-77(57-78(62-83)96-64-76-26-6-8-34-85(76)89-36-10-12-38-91(89)96)87-53-54-97(100-94-40-14-16-44-99(94)106-102(87)100)104(81-31-18-28-71(59-81)73-48-46-66-22-2-4-24-69(66)56-73)82-32-19-29-74(60-82)95-63-75-25-5-7-33-84(75)88-35-9-11-37-90(88)95/h1-64H. The Morgan fingerprint density at radius 2 is 0.575 bits per heavy atom. The monoisotopic (exact) mass is 1350 g/mol. The Morgan fingerprint density at radius 3 is 1.18 bits per heavy atom. The van der Waals surface area contributed by atoms with Crippen molar-refractivity contribution < 1.29 is 8.83 Å². The predicted octanol–water partition coefficient (Wildman–Crippen LogP) is 29.3. The summed E-state index contributed by atoms with van der Waals surface area (Å²) < 4.78 is 14.2. The first-order chi connectivity index (χ1) is 52.5. The Morgan fingerprint density at radius 1 is 0.170 bits per heavy atom. The Kier molecular flexibility index (Phi) is 14.2. The lowest BCUT2D eigenvalue weighted by molar-refractivity contribution is 0.669. The van der Waals surface area contributed by atoms with Crippen molar-refractivity contribution in [2.24, 2.45) is 0 Å². The lowest BCUT2D eigenvalue weighted by atomic mass is 9.90. The van der Waals surface area contributed by atoms with Gasteiger partial charge in [-0.25, -0.2) is 0 Å². The fourth-order valence-corrected chi connectivity index (χ4v) is 16.7. The molecule has 106 heavy (non-hydrogen) atoms. The zero-order valence-electron chi connectivity index (χ0n) is 57.7. The Bertz CT molecular complexity index is 7120. The van der Waals surface area contributed by atoms with E-state index < -0.39 is 0 Å². The highest BCUT2D eigenvalue weighted by Gasteiger charge is 2.26. The van der Waals surface area contributed by atoms with Crippen LogP contribution in [-0.2, 0) is 0 Å². The molecule has 0 N–H and O–H groups in total. The van der Waals surface area contributed by atoms with Crippen LogP contribution in [0.1, 0.15) is 0 Å². The summed E-state index contributed by atoms with van der Waals surface area (Å²) in [6, 6.07) is 142. The third kappa shape index (κ3) is 10.3. The lowest BCUT2D eigenvalue weighted by Gasteiger charge is -2.28. The minimum Gasteiger partial charge on any atom is -0.455 e. The van der Waals surface area contributed by atoms with Gasteiger partial charge in [0.05, 0.1) is 11.1 Å². The molecule has 0 aliphatic rings. The van der Waals surface area contributed by atoms with Gasteiger partial charge in [-0.3, -0.25) is 0 Å².